The van der Waals surface area contributed by atoms with Gasteiger partial charge >= 0.3 is 0 Å². The summed E-state index contributed by atoms with van der Waals surface area (Å²) in [5.74, 6) is -0.319. The van der Waals surface area contributed by atoms with Crippen molar-refractivity contribution in [2.24, 2.45) is 0 Å². The van der Waals surface area contributed by atoms with Gasteiger partial charge in [-0.25, -0.2) is 4.39 Å². The predicted octanol–water partition coefficient (Wildman–Crippen LogP) is 2.88. The summed E-state index contributed by atoms with van der Waals surface area (Å²) < 4.78 is 19.2. The molecule has 1 N–H and O–H groups in total. The van der Waals surface area contributed by atoms with Crippen LogP contribution >= 0.6 is 0 Å². The maximum absolute atomic E-state index is 13.3. The van der Waals surface area contributed by atoms with Crippen LogP contribution in [0.25, 0.3) is 0 Å². The van der Waals surface area contributed by atoms with Crippen LogP contribution in [0.4, 0.5) is 10.1 Å². The number of nitrogens with zero attached hydrogens (tertiary/aromatic N) is 1. The summed E-state index contributed by atoms with van der Waals surface area (Å²) in [6.45, 7) is 9.24. The lowest BCUT2D eigenvalue weighted by atomic mass is 10.0. The van der Waals surface area contributed by atoms with Gasteiger partial charge in [0.15, 0.2) is 0 Å². The molecular formula is C15H22FNO2. The second kappa shape index (κ2) is 5.10. The lowest BCUT2D eigenvalue weighted by molar-refractivity contribution is -0.0750. The lowest BCUT2D eigenvalue weighted by Crippen LogP contribution is -2.52. The molecule has 1 aliphatic rings. The van der Waals surface area contributed by atoms with E-state index in [1.165, 1.54) is 12.1 Å². The van der Waals surface area contributed by atoms with Crippen LogP contribution < -0.4 is 4.90 Å². The van der Waals surface area contributed by atoms with E-state index in [0.717, 1.165) is 18.8 Å². The van der Waals surface area contributed by atoms with E-state index in [2.05, 4.69) is 4.90 Å². The molecule has 2 rings (SSSR count). The summed E-state index contributed by atoms with van der Waals surface area (Å²) in [5.41, 5.74) is 1.27. The fourth-order valence-electron chi connectivity index (χ4n) is 2.79. The van der Waals surface area contributed by atoms with E-state index in [9.17, 15) is 9.50 Å². The highest BCUT2D eigenvalue weighted by Gasteiger charge is 2.32. The summed E-state index contributed by atoms with van der Waals surface area (Å²) in [6.07, 6.45) is -0.581. The van der Waals surface area contributed by atoms with Gasteiger partial charge in [-0.2, -0.15) is 0 Å². The summed E-state index contributed by atoms with van der Waals surface area (Å²) in [5, 5.41) is 9.83. The van der Waals surface area contributed by atoms with Crippen LogP contribution in [-0.2, 0) is 4.74 Å². The minimum Gasteiger partial charge on any atom is -0.389 e. The van der Waals surface area contributed by atoms with Gasteiger partial charge < -0.3 is 14.7 Å². The highest BCUT2D eigenvalue weighted by atomic mass is 19.1. The normalized spacial score (nSPS) is 24.3. The molecule has 1 unspecified atom stereocenters. The number of aliphatic hydroxyl groups excluding tert-OH is 1. The number of hydrogen-bond acceptors (Lipinski definition) is 3. The van der Waals surface area contributed by atoms with Gasteiger partial charge in [-0.15, -0.1) is 0 Å². The minimum absolute atomic E-state index is 0.107. The summed E-state index contributed by atoms with van der Waals surface area (Å²) in [7, 11) is 0. The minimum atomic E-state index is -0.688. The molecule has 4 heteroatoms. The second-order valence-corrected chi connectivity index (χ2v) is 5.95. The van der Waals surface area contributed by atoms with Crippen LogP contribution in [-0.4, -0.2) is 29.9 Å². The number of rotatable bonds is 2. The summed E-state index contributed by atoms with van der Waals surface area (Å²) >= 11 is 0. The molecule has 3 nitrogen and oxygen atoms in total. The highest BCUT2D eigenvalue weighted by Crippen LogP contribution is 2.31. The van der Waals surface area contributed by atoms with Gasteiger partial charge in [0.25, 0.3) is 0 Å². The zero-order valence-corrected chi connectivity index (χ0v) is 12.0. The molecule has 2 atom stereocenters. The van der Waals surface area contributed by atoms with Crippen molar-refractivity contribution in [3.8, 4) is 0 Å². The summed E-state index contributed by atoms with van der Waals surface area (Å²) in [6, 6.07) is 4.59. The quantitative estimate of drug-likeness (QED) is 0.894. The Labute approximate surface area is 114 Å². The molecule has 1 aliphatic heterocycles. The van der Waals surface area contributed by atoms with Crippen molar-refractivity contribution in [3.63, 3.8) is 0 Å². The van der Waals surface area contributed by atoms with Crippen LogP contribution in [0, 0.1) is 5.82 Å². The molecule has 0 aliphatic carbocycles. The predicted molar refractivity (Wildman–Crippen MR) is 73.9 cm³/mol. The van der Waals surface area contributed by atoms with E-state index in [1.807, 2.05) is 20.8 Å². The van der Waals surface area contributed by atoms with Crippen molar-refractivity contribution in [3.05, 3.63) is 29.6 Å². The van der Waals surface area contributed by atoms with Gasteiger partial charge in [0.05, 0.1) is 17.8 Å². The van der Waals surface area contributed by atoms with Gasteiger partial charge in [-0.3, -0.25) is 0 Å². The third kappa shape index (κ3) is 3.25. The van der Waals surface area contributed by atoms with E-state index in [-0.39, 0.29) is 17.5 Å². The Morgan fingerprint density at radius 1 is 1.47 bits per heavy atom. The van der Waals surface area contributed by atoms with Crippen LogP contribution in [0.2, 0.25) is 0 Å². The summed E-state index contributed by atoms with van der Waals surface area (Å²) in [4.78, 5) is 2.16. The third-order valence-corrected chi connectivity index (χ3v) is 3.35. The monoisotopic (exact) mass is 267 g/mol. The van der Waals surface area contributed by atoms with E-state index in [1.54, 1.807) is 13.0 Å². The lowest BCUT2D eigenvalue weighted by Gasteiger charge is -2.43. The van der Waals surface area contributed by atoms with Crippen molar-refractivity contribution in [2.45, 2.75) is 45.5 Å². The Morgan fingerprint density at radius 3 is 2.74 bits per heavy atom. The van der Waals surface area contributed by atoms with Gasteiger partial charge in [-0.1, -0.05) is 0 Å². The number of ether oxygens (including phenoxy) is 1. The third-order valence-electron chi connectivity index (χ3n) is 3.35. The SMILES string of the molecule is CC1CN(c2ccc(F)cc2[C@H](C)O)CC(C)(C)O1. The number of halogens is 1. The molecule has 0 radical (unpaired) electrons. The van der Waals surface area contributed by atoms with Gasteiger partial charge in [-0.05, 0) is 45.9 Å². The van der Waals surface area contributed by atoms with E-state index in [0.29, 0.717) is 5.56 Å². The number of aliphatic hydroxyl groups is 1. The number of anilines is 1. The molecular weight excluding hydrogens is 245 g/mol. The maximum Gasteiger partial charge on any atom is 0.123 e. The first-order valence-electron chi connectivity index (χ1n) is 6.69. The zero-order chi connectivity index (χ0) is 14.2. The molecule has 0 amide bonds. The van der Waals surface area contributed by atoms with E-state index >= 15 is 0 Å². The van der Waals surface area contributed by atoms with Gasteiger partial charge in [0.1, 0.15) is 5.82 Å². The molecule has 106 valence electrons. The average Bonchev–Trinajstić information content (AvgIpc) is 2.25. The Bertz CT molecular complexity index is 459. The second-order valence-electron chi connectivity index (χ2n) is 5.95. The molecule has 1 fully saturated rings. The first kappa shape index (κ1) is 14.3. The fourth-order valence-corrected chi connectivity index (χ4v) is 2.79. The van der Waals surface area contributed by atoms with E-state index < -0.39 is 6.10 Å². The standard InChI is InChI=1S/C15H22FNO2/c1-10-8-17(9-15(3,4)19-10)14-6-5-12(16)7-13(14)11(2)18/h5-7,10-11,18H,8-9H2,1-4H3/t10?,11-/m0/s1. The van der Waals surface area contributed by atoms with Crippen molar-refractivity contribution >= 4 is 5.69 Å². The molecule has 1 saturated heterocycles. The molecule has 0 spiro atoms. The average molecular weight is 267 g/mol. The number of hydrogen-bond donors (Lipinski definition) is 1. The molecule has 1 heterocycles. The maximum atomic E-state index is 13.3. The van der Waals surface area contributed by atoms with Crippen LogP contribution in [0.3, 0.4) is 0 Å². The topological polar surface area (TPSA) is 32.7 Å². The number of morpholine rings is 1. The van der Waals surface area contributed by atoms with Crippen molar-refractivity contribution in [2.75, 3.05) is 18.0 Å². The van der Waals surface area contributed by atoms with Gasteiger partial charge in [0.2, 0.25) is 0 Å². The number of benzene rings is 1. The zero-order valence-electron chi connectivity index (χ0n) is 12.0. The Balaban J connectivity index is 2.35. The van der Waals surface area contributed by atoms with Gasteiger partial charge in [0, 0.05) is 24.3 Å². The first-order valence-corrected chi connectivity index (χ1v) is 6.69. The smallest absolute Gasteiger partial charge is 0.123 e. The molecule has 1 aromatic rings. The van der Waals surface area contributed by atoms with Crippen LogP contribution in [0.15, 0.2) is 18.2 Å². The van der Waals surface area contributed by atoms with Crippen LogP contribution in [0.1, 0.15) is 39.4 Å². The Morgan fingerprint density at radius 2 is 2.16 bits per heavy atom. The highest BCUT2D eigenvalue weighted by molar-refractivity contribution is 5.55. The van der Waals surface area contributed by atoms with Crippen molar-refractivity contribution < 1.29 is 14.2 Å². The van der Waals surface area contributed by atoms with Crippen LogP contribution in [0.5, 0.6) is 0 Å². The molecule has 0 saturated carbocycles. The molecule has 0 bridgehead atoms. The Hall–Kier alpha value is -1.13. The first-order chi connectivity index (χ1) is 8.78. The fraction of sp³-hybridized carbons (Fsp3) is 0.600. The van der Waals surface area contributed by atoms with E-state index in [4.69, 9.17) is 4.74 Å². The molecule has 19 heavy (non-hydrogen) atoms. The van der Waals surface area contributed by atoms with Crippen molar-refractivity contribution in [1.82, 2.24) is 0 Å². The van der Waals surface area contributed by atoms with Crippen molar-refractivity contribution in [1.29, 1.82) is 0 Å². The molecule has 0 aromatic heterocycles. The largest absolute Gasteiger partial charge is 0.389 e. The molecule has 1 aromatic carbocycles. The Kier molecular flexibility index (Phi) is 3.83.